The summed E-state index contributed by atoms with van der Waals surface area (Å²) in [6.07, 6.45) is 0.100. The average Bonchev–Trinajstić information content (AvgIpc) is 2.37. The number of nitro benzene ring substituents is 1. The third kappa shape index (κ3) is 4.01. The first-order chi connectivity index (χ1) is 9.32. The van der Waals surface area contributed by atoms with E-state index in [9.17, 15) is 24.1 Å². The van der Waals surface area contributed by atoms with E-state index in [1.54, 1.807) is 0 Å². The number of halogens is 1. The number of carboxylic acids is 1. The number of non-ortho nitro benzene ring substituents is 1. The van der Waals surface area contributed by atoms with Gasteiger partial charge in [0.05, 0.1) is 10.5 Å². The van der Waals surface area contributed by atoms with Crippen LogP contribution in [-0.4, -0.2) is 40.4 Å². The zero-order chi connectivity index (χ0) is 15.3. The van der Waals surface area contributed by atoms with Gasteiger partial charge in [-0.15, -0.1) is 0 Å². The molecule has 108 valence electrons. The third-order valence-electron chi connectivity index (χ3n) is 2.62. The molecule has 8 heteroatoms. The predicted molar refractivity (Wildman–Crippen MR) is 66.9 cm³/mol. The Kier molecular flexibility index (Phi) is 5.13. The number of aliphatic carboxylic acids is 1. The van der Waals surface area contributed by atoms with E-state index in [1.807, 2.05) is 0 Å². The first-order valence-electron chi connectivity index (χ1n) is 5.74. The van der Waals surface area contributed by atoms with Crippen molar-refractivity contribution in [2.24, 2.45) is 0 Å². The molecule has 0 fully saturated rings. The van der Waals surface area contributed by atoms with Gasteiger partial charge in [-0.05, 0) is 12.5 Å². The minimum absolute atomic E-state index is 0.116. The van der Waals surface area contributed by atoms with E-state index in [0.717, 1.165) is 23.1 Å². The molecule has 0 bridgehead atoms. The Labute approximate surface area is 113 Å². The Hall–Kier alpha value is -2.51. The number of amides is 1. The lowest BCUT2D eigenvalue weighted by Gasteiger charge is -2.16. The van der Waals surface area contributed by atoms with E-state index >= 15 is 0 Å². The number of benzene rings is 1. The van der Waals surface area contributed by atoms with Gasteiger partial charge in [-0.1, -0.05) is 0 Å². The molecule has 1 aromatic carbocycles. The second-order valence-corrected chi connectivity index (χ2v) is 4.15. The number of hydrogen-bond donors (Lipinski definition) is 1. The largest absolute Gasteiger partial charge is 0.481 e. The molecule has 0 saturated carbocycles. The monoisotopic (exact) mass is 284 g/mol. The molecule has 1 N–H and O–H groups in total. The van der Waals surface area contributed by atoms with Gasteiger partial charge in [0.15, 0.2) is 0 Å². The van der Waals surface area contributed by atoms with Crippen molar-refractivity contribution >= 4 is 17.6 Å². The molecule has 0 aliphatic rings. The van der Waals surface area contributed by atoms with Crippen LogP contribution in [0.15, 0.2) is 18.2 Å². The third-order valence-corrected chi connectivity index (χ3v) is 2.62. The van der Waals surface area contributed by atoms with Crippen LogP contribution in [-0.2, 0) is 4.79 Å². The molecule has 0 aromatic heterocycles. The van der Waals surface area contributed by atoms with E-state index in [1.165, 1.54) is 7.05 Å². The van der Waals surface area contributed by atoms with E-state index in [-0.39, 0.29) is 25.1 Å². The summed E-state index contributed by atoms with van der Waals surface area (Å²) in [5.74, 6) is -2.57. The fourth-order valence-electron chi connectivity index (χ4n) is 1.57. The van der Waals surface area contributed by atoms with Crippen LogP contribution < -0.4 is 0 Å². The van der Waals surface area contributed by atoms with Gasteiger partial charge in [0, 0.05) is 32.1 Å². The van der Waals surface area contributed by atoms with E-state index in [4.69, 9.17) is 5.11 Å². The highest BCUT2D eigenvalue weighted by molar-refractivity contribution is 5.95. The molecule has 0 atom stereocenters. The SMILES string of the molecule is CN(CCCC(=O)O)C(=O)c1cc([N+](=O)[O-])ccc1F. The molecule has 7 nitrogen and oxygen atoms in total. The maximum absolute atomic E-state index is 13.5. The summed E-state index contributed by atoms with van der Waals surface area (Å²) in [7, 11) is 1.38. The number of carboxylic acid groups (broad SMARTS) is 1. The van der Waals surface area contributed by atoms with Crippen molar-refractivity contribution in [2.75, 3.05) is 13.6 Å². The molecule has 0 aliphatic carbocycles. The molecule has 1 rings (SSSR count). The van der Waals surface area contributed by atoms with Gasteiger partial charge in [0.1, 0.15) is 5.82 Å². The molecule has 20 heavy (non-hydrogen) atoms. The minimum Gasteiger partial charge on any atom is -0.481 e. The summed E-state index contributed by atoms with van der Waals surface area (Å²) in [4.78, 5) is 33.3. The number of carbonyl (C=O) groups excluding carboxylic acids is 1. The van der Waals surface area contributed by atoms with Gasteiger partial charge < -0.3 is 10.0 Å². The minimum atomic E-state index is -0.993. The zero-order valence-corrected chi connectivity index (χ0v) is 10.7. The van der Waals surface area contributed by atoms with Crippen LogP contribution in [0.25, 0.3) is 0 Å². The molecule has 0 spiro atoms. The summed E-state index contributed by atoms with van der Waals surface area (Å²) in [5, 5.41) is 19.1. The second kappa shape index (κ2) is 6.60. The van der Waals surface area contributed by atoms with Crippen molar-refractivity contribution < 1.29 is 24.0 Å². The number of rotatable bonds is 6. The highest BCUT2D eigenvalue weighted by atomic mass is 19.1. The summed E-state index contributed by atoms with van der Waals surface area (Å²) in [6, 6.07) is 2.69. The Morgan fingerprint density at radius 1 is 1.45 bits per heavy atom. The summed E-state index contributed by atoms with van der Waals surface area (Å²) in [6.45, 7) is 0.118. The molecule has 1 aromatic rings. The van der Waals surface area contributed by atoms with Crippen LogP contribution in [0.5, 0.6) is 0 Å². The van der Waals surface area contributed by atoms with Crippen molar-refractivity contribution in [1.82, 2.24) is 4.90 Å². The average molecular weight is 284 g/mol. The topological polar surface area (TPSA) is 101 Å². The van der Waals surface area contributed by atoms with Crippen LogP contribution in [0.1, 0.15) is 23.2 Å². The standard InChI is InChI=1S/C12H13FN2O5/c1-14(6-2-3-11(16)17)12(18)9-7-8(15(19)20)4-5-10(9)13/h4-5,7H,2-3,6H2,1H3,(H,16,17). The maximum atomic E-state index is 13.5. The second-order valence-electron chi connectivity index (χ2n) is 4.15. The summed E-state index contributed by atoms with van der Waals surface area (Å²) < 4.78 is 13.5. The zero-order valence-electron chi connectivity index (χ0n) is 10.7. The molecule has 0 heterocycles. The highest BCUT2D eigenvalue weighted by Crippen LogP contribution is 2.18. The fraction of sp³-hybridized carbons (Fsp3) is 0.333. The number of nitro groups is 1. The predicted octanol–water partition coefficient (Wildman–Crippen LogP) is 1.67. The fourth-order valence-corrected chi connectivity index (χ4v) is 1.57. The molecule has 0 saturated heterocycles. The lowest BCUT2D eigenvalue weighted by atomic mass is 10.1. The molecule has 0 unspecified atom stereocenters. The van der Waals surface area contributed by atoms with Gasteiger partial charge in [-0.25, -0.2) is 4.39 Å². The Balaban J connectivity index is 2.82. The van der Waals surface area contributed by atoms with E-state index in [0.29, 0.717) is 0 Å². The van der Waals surface area contributed by atoms with Crippen molar-refractivity contribution in [2.45, 2.75) is 12.8 Å². The van der Waals surface area contributed by atoms with Crippen molar-refractivity contribution in [1.29, 1.82) is 0 Å². The molecular formula is C12H13FN2O5. The van der Waals surface area contributed by atoms with Crippen LogP contribution in [0.4, 0.5) is 10.1 Å². The quantitative estimate of drug-likeness (QED) is 0.632. The highest BCUT2D eigenvalue weighted by Gasteiger charge is 2.19. The summed E-state index contributed by atoms with van der Waals surface area (Å²) in [5.41, 5.74) is -0.786. The lowest BCUT2D eigenvalue weighted by molar-refractivity contribution is -0.384. The molecule has 0 aliphatic heterocycles. The van der Waals surface area contributed by atoms with Gasteiger partial charge in [0.2, 0.25) is 0 Å². The van der Waals surface area contributed by atoms with Gasteiger partial charge >= 0.3 is 5.97 Å². The van der Waals surface area contributed by atoms with E-state index < -0.39 is 28.2 Å². The number of nitrogens with zero attached hydrogens (tertiary/aromatic N) is 2. The van der Waals surface area contributed by atoms with E-state index in [2.05, 4.69) is 0 Å². The Morgan fingerprint density at radius 2 is 2.10 bits per heavy atom. The van der Waals surface area contributed by atoms with Crippen LogP contribution in [0.2, 0.25) is 0 Å². The number of hydrogen-bond acceptors (Lipinski definition) is 4. The molecular weight excluding hydrogens is 271 g/mol. The van der Waals surface area contributed by atoms with Crippen LogP contribution in [0.3, 0.4) is 0 Å². The van der Waals surface area contributed by atoms with Crippen molar-refractivity contribution in [3.05, 3.63) is 39.7 Å². The maximum Gasteiger partial charge on any atom is 0.303 e. The Bertz CT molecular complexity index is 547. The normalized spacial score (nSPS) is 10.1. The Morgan fingerprint density at radius 3 is 2.65 bits per heavy atom. The van der Waals surface area contributed by atoms with Crippen LogP contribution in [0, 0.1) is 15.9 Å². The molecule has 1 amide bonds. The van der Waals surface area contributed by atoms with Gasteiger partial charge in [0.25, 0.3) is 11.6 Å². The van der Waals surface area contributed by atoms with Gasteiger partial charge in [-0.3, -0.25) is 19.7 Å². The summed E-state index contributed by atoms with van der Waals surface area (Å²) >= 11 is 0. The van der Waals surface area contributed by atoms with Crippen molar-refractivity contribution in [3.8, 4) is 0 Å². The lowest BCUT2D eigenvalue weighted by Crippen LogP contribution is -2.29. The smallest absolute Gasteiger partial charge is 0.303 e. The van der Waals surface area contributed by atoms with Gasteiger partial charge in [-0.2, -0.15) is 0 Å². The first kappa shape index (κ1) is 15.5. The first-order valence-corrected chi connectivity index (χ1v) is 5.74. The van der Waals surface area contributed by atoms with Crippen molar-refractivity contribution in [3.63, 3.8) is 0 Å². The van der Waals surface area contributed by atoms with Crippen LogP contribution >= 0.6 is 0 Å². The molecule has 0 radical (unpaired) electrons. The number of carbonyl (C=O) groups is 2.